The van der Waals surface area contributed by atoms with Crippen LogP contribution in [0, 0.1) is 0 Å². The second-order valence-corrected chi connectivity index (χ2v) is 2.96. The predicted octanol–water partition coefficient (Wildman–Crippen LogP) is 1.23. The lowest BCUT2D eigenvalue weighted by atomic mass is 10.3. The van der Waals surface area contributed by atoms with Crippen molar-refractivity contribution in [3.63, 3.8) is 0 Å². The van der Waals surface area contributed by atoms with Crippen LogP contribution in [0.1, 0.15) is 5.69 Å². The highest BCUT2D eigenvalue weighted by atomic mass is 16.5. The molecule has 0 aliphatic heterocycles. The Morgan fingerprint density at radius 3 is 2.80 bits per heavy atom. The van der Waals surface area contributed by atoms with Gasteiger partial charge in [0.2, 0.25) is 0 Å². The Hall–Kier alpha value is -2.17. The number of carbonyl (C=O) groups is 1. The fourth-order valence-electron chi connectivity index (χ4n) is 1.21. The molecule has 0 bridgehead atoms. The van der Waals surface area contributed by atoms with Gasteiger partial charge in [-0.15, -0.1) is 0 Å². The lowest BCUT2D eigenvalue weighted by molar-refractivity contribution is 0.149. The number of hydrogen-bond acceptors (Lipinski definition) is 4. The number of para-hydroxylation sites is 2. The lowest BCUT2D eigenvalue weighted by Gasteiger charge is -2.01. The Bertz CT molecular complexity index is 499. The van der Waals surface area contributed by atoms with Gasteiger partial charge >= 0.3 is 6.09 Å². The van der Waals surface area contributed by atoms with Crippen LogP contribution in [-0.4, -0.2) is 16.1 Å². The number of amides is 1. The van der Waals surface area contributed by atoms with Crippen LogP contribution >= 0.6 is 0 Å². The minimum absolute atomic E-state index is 0.0488. The van der Waals surface area contributed by atoms with Gasteiger partial charge in [-0.25, -0.2) is 9.78 Å². The third-order valence-electron chi connectivity index (χ3n) is 1.86. The smallest absolute Gasteiger partial charge is 0.404 e. The summed E-state index contributed by atoms with van der Waals surface area (Å²) in [6.07, 6.45) is 0.746. The average molecular weight is 203 g/mol. The molecule has 0 radical (unpaired) electrons. The van der Waals surface area contributed by atoms with Gasteiger partial charge in [0, 0.05) is 0 Å². The molecule has 1 aromatic carbocycles. The molecular weight excluding hydrogens is 194 g/mol. The van der Waals surface area contributed by atoms with E-state index < -0.39 is 6.09 Å². The fraction of sp³-hybridized carbons (Fsp3) is 0.100. The largest absolute Gasteiger partial charge is 0.443 e. The van der Waals surface area contributed by atoms with E-state index in [4.69, 9.17) is 5.73 Å². The molecule has 0 aliphatic carbocycles. The first kappa shape index (κ1) is 9.39. The Morgan fingerprint density at radius 1 is 1.33 bits per heavy atom. The summed E-state index contributed by atoms with van der Waals surface area (Å²) in [7, 11) is 0. The first-order chi connectivity index (χ1) is 7.25. The van der Waals surface area contributed by atoms with Crippen molar-refractivity contribution < 1.29 is 9.53 Å². The summed E-state index contributed by atoms with van der Waals surface area (Å²) in [6.45, 7) is 0.0488. The van der Waals surface area contributed by atoms with Crippen LogP contribution in [0.5, 0.6) is 0 Å². The molecule has 5 nitrogen and oxygen atoms in total. The quantitative estimate of drug-likeness (QED) is 0.796. The molecule has 1 aromatic heterocycles. The maximum atomic E-state index is 10.4. The van der Waals surface area contributed by atoms with Crippen LogP contribution in [0.15, 0.2) is 30.5 Å². The van der Waals surface area contributed by atoms with Crippen molar-refractivity contribution in [1.29, 1.82) is 0 Å². The Labute approximate surface area is 85.9 Å². The summed E-state index contributed by atoms with van der Waals surface area (Å²) in [5.74, 6) is 0. The van der Waals surface area contributed by atoms with Crippen LogP contribution in [-0.2, 0) is 11.3 Å². The summed E-state index contributed by atoms with van der Waals surface area (Å²) in [5, 5.41) is 0. The molecule has 76 valence electrons. The minimum atomic E-state index is -0.815. The Balaban J connectivity index is 2.26. The van der Waals surface area contributed by atoms with Gasteiger partial charge in [0.05, 0.1) is 22.9 Å². The molecular formula is C10H9N3O2. The molecule has 0 spiro atoms. The number of rotatable bonds is 2. The van der Waals surface area contributed by atoms with E-state index in [0.29, 0.717) is 5.69 Å². The number of benzene rings is 1. The van der Waals surface area contributed by atoms with Crippen molar-refractivity contribution >= 4 is 17.1 Å². The van der Waals surface area contributed by atoms with Crippen LogP contribution in [0.25, 0.3) is 11.0 Å². The van der Waals surface area contributed by atoms with Crippen molar-refractivity contribution in [1.82, 2.24) is 9.97 Å². The number of ether oxygens (including phenoxy) is 1. The maximum Gasteiger partial charge on any atom is 0.404 e. The first-order valence-electron chi connectivity index (χ1n) is 4.38. The van der Waals surface area contributed by atoms with Crippen molar-refractivity contribution in [2.45, 2.75) is 6.61 Å². The highest BCUT2D eigenvalue weighted by Crippen LogP contribution is 2.08. The number of primary amides is 1. The normalized spacial score (nSPS) is 10.1. The zero-order valence-electron chi connectivity index (χ0n) is 7.88. The van der Waals surface area contributed by atoms with Gasteiger partial charge in [0.25, 0.3) is 0 Å². The van der Waals surface area contributed by atoms with Crippen LogP contribution < -0.4 is 5.73 Å². The molecule has 2 aromatic rings. The SMILES string of the molecule is NC(=O)OCc1cnc2ccccc2n1. The average Bonchev–Trinajstić information content (AvgIpc) is 2.26. The standard InChI is InChI=1S/C10H9N3O2/c11-10(14)15-6-7-5-12-8-3-1-2-4-9(8)13-7/h1-5H,6H2,(H2,11,14). The summed E-state index contributed by atoms with van der Waals surface area (Å²) in [6, 6.07) is 7.46. The van der Waals surface area contributed by atoms with E-state index in [9.17, 15) is 4.79 Å². The molecule has 15 heavy (non-hydrogen) atoms. The lowest BCUT2D eigenvalue weighted by Crippen LogP contribution is -2.13. The summed E-state index contributed by atoms with van der Waals surface area (Å²) >= 11 is 0. The van der Waals surface area contributed by atoms with Crippen LogP contribution in [0.4, 0.5) is 4.79 Å². The summed E-state index contributed by atoms with van der Waals surface area (Å²) in [5.41, 5.74) is 6.99. The van der Waals surface area contributed by atoms with Gasteiger partial charge in [-0.1, -0.05) is 12.1 Å². The second-order valence-electron chi connectivity index (χ2n) is 2.96. The van der Waals surface area contributed by atoms with E-state index in [1.165, 1.54) is 0 Å². The zero-order chi connectivity index (χ0) is 10.7. The third-order valence-corrected chi connectivity index (χ3v) is 1.86. The van der Waals surface area contributed by atoms with E-state index in [-0.39, 0.29) is 6.61 Å². The van der Waals surface area contributed by atoms with Crippen molar-refractivity contribution in [2.75, 3.05) is 0 Å². The molecule has 0 saturated carbocycles. The predicted molar refractivity (Wildman–Crippen MR) is 53.9 cm³/mol. The molecule has 0 aliphatic rings. The topological polar surface area (TPSA) is 78.1 Å². The molecule has 1 amide bonds. The molecule has 0 atom stereocenters. The molecule has 1 heterocycles. The third kappa shape index (κ3) is 2.19. The Kier molecular flexibility index (Phi) is 2.45. The van der Waals surface area contributed by atoms with E-state index >= 15 is 0 Å². The van der Waals surface area contributed by atoms with Gasteiger partial charge in [0.15, 0.2) is 0 Å². The number of nitrogens with two attached hydrogens (primary N) is 1. The van der Waals surface area contributed by atoms with Crippen LogP contribution in [0.2, 0.25) is 0 Å². The Morgan fingerprint density at radius 2 is 2.07 bits per heavy atom. The molecule has 5 heteroatoms. The number of aromatic nitrogens is 2. The molecule has 2 N–H and O–H groups in total. The summed E-state index contributed by atoms with van der Waals surface area (Å²) in [4.78, 5) is 18.8. The molecule has 0 saturated heterocycles. The highest BCUT2D eigenvalue weighted by Gasteiger charge is 2.01. The van der Waals surface area contributed by atoms with Crippen molar-refractivity contribution in [3.05, 3.63) is 36.2 Å². The highest BCUT2D eigenvalue weighted by molar-refractivity contribution is 5.73. The van der Waals surface area contributed by atoms with Gasteiger partial charge < -0.3 is 10.5 Å². The maximum absolute atomic E-state index is 10.4. The molecule has 2 rings (SSSR count). The number of nitrogens with zero attached hydrogens (tertiary/aromatic N) is 2. The molecule has 0 unspecified atom stereocenters. The fourth-order valence-corrected chi connectivity index (χ4v) is 1.21. The number of hydrogen-bond donors (Lipinski definition) is 1. The van der Waals surface area contributed by atoms with Crippen LogP contribution in [0.3, 0.4) is 0 Å². The van der Waals surface area contributed by atoms with E-state index in [0.717, 1.165) is 11.0 Å². The summed E-state index contributed by atoms with van der Waals surface area (Å²) < 4.78 is 4.61. The number of fused-ring (bicyclic) bond motifs is 1. The van der Waals surface area contributed by atoms with E-state index in [1.54, 1.807) is 6.20 Å². The van der Waals surface area contributed by atoms with Crippen molar-refractivity contribution in [2.24, 2.45) is 5.73 Å². The van der Waals surface area contributed by atoms with Gasteiger partial charge in [0.1, 0.15) is 6.61 Å². The van der Waals surface area contributed by atoms with Gasteiger partial charge in [-0.2, -0.15) is 0 Å². The van der Waals surface area contributed by atoms with Gasteiger partial charge in [-0.3, -0.25) is 4.98 Å². The monoisotopic (exact) mass is 203 g/mol. The minimum Gasteiger partial charge on any atom is -0.443 e. The van der Waals surface area contributed by atoms with E-state index in [2.05, 4.69) is 14.7 Å². The van der Waals surface area contributed by atoms with Gasteiger partial charge in [-0.05, 0) is 12.1 Å². The zero-order valence-corrected chi connectivity index (χ0v) is 7.88. The first-order valence-corrected chi connectivity index (χ1v) is 4.38. The van der Waals surface area contributed by atoms with Crippen molar-refractivity contribution in [3.8, 4) is 0 Å². The molecule has 0 fully saturated rings. The number of carbonyl (C=O) groups excluding carboxylic acids is 1. The second kappa shape index (κ2) is 3.91. The van der Waals surface area contributed by atoms with E-state index in [1.807, 2.05) is 24.3 Å².